The van der Waals surface area contributed by atoms with E-state index in [4.69, 9.17) is 16.3 Å². The van der Waals surface area contributed by atoms with Gasteiger partial charge in [0.25, 0.3) is 0 Å². The van der Waals surface area contributed by atoms with Crippen LogP contribution in [0.25, 0.3) is 0 Å². The van der Waals surface area contributed by atoms with E-state index in [1.54, 1.807) is 0 Å². The van der Waals surface area contributed by atoms with E-state index in [-0.39, 0.29) is 28.4 Å². The minimum atomic E-state index is -4.49. The van der Waals surface area contributed by atoms with Gasteiger partial charge in [-0.05, 0) is 61.6 Å². The molecule has 0 unspecified atom stereocenters. The molecule has 0 amide bonds. The number of halogens is 4. The van der Waals surface area contributed by atoms with Crippen molar-refractivity contribution in [3.05, 3.63) is 69.7 Å². The van der Waals surface area contributed by atoms with Gasteiger partial charge >= 0.3 is 6.18 Å². The van der Waals surface area contributed by atoms with Gasteiger partial charge < -0.3 is 9.64 Å². The zero-order chi connectivity index (χ0) is 22.1. The summed E-state index contributed by atoms with van der Waals surface area (Å²) in [6.45, 7) is 3.40. The summed E-state index contributed by atoms with van der Waals surface area (Å²) < 4.78 is 44.9. The summed E-state index contributed by atoms with van der Waals surface area (Å²) in [4.78, 5) is 14.8. The van der Waals surface area contributed by atoms with Crippen LogP contribution in [0.15, 0.2) is 42.5 Å². The largest absolute Gasteiger partial charge is 0.416 e. The van der Waals surface area contributed by atoms with Crippen LogP contribution in [-0.4, -0.2) is 30.3 Å². The molecule has 3 nitrogen and oxygen atoms in total. The summed E-state index contributed by atoms with van der Waals surface area (Å²) in [6, 6.07) is 11.3. The van der Waals surface area contributed by atoms with Gasteiger partial charge in [-0.15, -0.1) is 0 Å². The molecule has 0 atom stereocenters. The molecule has 31 heavy (non-hydrogen) atoms. The second kappa shape index (κ2) is 8.93. The van der Waals surface area contributed by atoms with E-state index in [1.165, 1.54) is 11.1 Å². The Morgan fingerprint density at radius 2 is 1.84 bits per heavy atom. The van der Waals surface area contributed by atoms with Crippen molar-refractivity contribution >= 4 is 17.4 Å². The molecule has 0 radical (unpaired) electrons. The Hall–Kier alpha value is -1.89. The molecule has 7 heteroatoms. The second-order valence-corrected chi connectivity index (χ2v) is 8.76. The molecule has 0 aliphatic carbocycles. The number of Topliss-reactive ketones (excluding diaryl/α,β-unsaturated/α-hetero) is 1. The monoisotopic (exact) mass is 451 g/mol. The first-order chi connectivity index (χ1) is 14.8. The number of ether oxygens (including phenoxy) is 1. The molecule has 0 aromatic heterocycles. The molecule has 2 aliphatic rings. The van der Waals surface area contributed by atoms with Crippen LogP contribution in [0.1, 0.15) is 59.2 Å². The van der Waals surface area contributed by atoms with Crippen LogP contribution in [-0.2, 0) is 23.1 Å². The number of likely N-dealkylation sites (tertiary alicyclic amines) is 1. The number of hydrogen-bond donors (Lipinski definition) is 0. The fourth-order valence-corrected chi connectivity index (χ4v) is 4.83. The fourth-order valence-electron chi connectivity index (χ4n) is 4.61. The summed E-state index contributed by atoms with van der Waals surface area (Å²) in [5.74, 6) is -0.343. The molecule has 0 saturated carbocycles. The van der Waals surface area contributed by atoms with E-state index >= 15 is 0 Å². The van der Waals surface area contributed by atoms with E-state index in [0.717, 1.165) is 57.1 Å². The highest BCUT2D eigenvalue weighted by Crippen LogP contribution is 2.44. The van der Waals surface area contributed by atoms with Crippen LogP contribution in [0, 0.1) is 0 Å². The van der Waals surface area contributed by atoms with Gasteiger partial charge in [-0.3, -0.25) is 4.79 Å². The highest BCUT2D eigenvalue weighted by atomic mass is 35.5. The number of carbonyl (C=O) groups excluding carboxylic acids is 1. The number of fused-ring (bicyclic) bond motifs is 2. The Morgan fingerprint density at radius 1 is 1.10 bits per heavy atom. The Balaban J connectivity index is 1.24. The van der Waals surface area contributed by atoms with E-state index < -0.39 is 11.7 Å². The van der Waals surface area contributed by atoms with Crippen molar-refractivity contribution in [2.45, 2.75) is 50.5 Å². The number of piperidine rings is 1. The van der Waals surface area contributed by atoms with Gasteiger partial charge in [-0.25, -0.2) is 0 Å². The third kappa shape index (κ3) is 4.81. The first-order valence-corrected chi connectivity index (χ1v) is 11.0. The normalized spacial score (nSPS) is 18.3. The molecule has 1 fully saturated rings. The predicted octanol–water partition coefficient (Wildman–Crippen LogP) is 6.23. The quantitative estimate of drug-likeness (QED) is 0.385. The smallest absolute Gasteiger partial charge is 0.365 e. The lowest BCUT2D eigenvalue weighted by Crippen LogP contribution is -2.42. The highest BCUT2D eigenvalue weighted by Gasteiger charge is 2.42. The van der Waals surface area contributed by atoms with Crippen molar-refractivity contribution < 1.29 is 22.7 Å². The number of alkyl halides is 3. The molecule has 2 aliphatic heterocycles. The molecule has 2 heterocycles. The molecule has 166 valence electrons. The molecule has 2 aromatic carbocycles. The van der Waals surface area contributed by atoms with E-state index in [9.17, 15) is 18.0 Å². The molecular formula is C24H25ClF3NO2. The van der Waals surface area contributed by atoms with Gasteiger partial charge in [-0.1, -0.05) is 35.9 Å². The van der Waals surface area contributed by atoms with Crippen molar-refractivity contribution in [1.29, 1.82) is 0 Å². The lowest BCUT2D eigenvalue weighted by molar-refractivity contribution is -0.137. The minimum Gasteiger partial charge on any atom is -0.365 e. The van der Waals surface area contributed by atoms with Crippen molar-refractivity contribution in [1.82, 2.24) is 4.90 Å². The second-order valence-electron chi connectivity index (χ2n) is 8.35. The maximum absolute atomic E-state index is 12.9. The topological polar surface area (TPSA) is 29.5 Å². The summed E-state index contributed by atoms with van der Waals surface area (Å²) in [6.07, 6.45) is -0.977. The molecule has 0 bridgehead atoms. The summed E-state index contributed by atoms with van der Waals surface area (Å²) in [7, 11) is 0. The third-order valence-electron chi connectivity index (χ3n) is 6.40. The molecule has 1 spiro atoms. The van der Waals surface area contributed by atoms with Gasteiger partial charge in [0.15, 0.2) is 5.78 Å². The molecular weight excluding hydrogens is 427 g/mol. The summed E-state index contributed by atoms with van der Waals surface area (Å²) in [5, 5.41) is 0.0659. The van der Waals surface area contributed by atoms with Crippen molar-refractivity contribution in [3.8, 4) is 0 Å². The zero-order valence-electron chi connectivity index (χ0n) is 17.2. The Bertz CT molecular complexity index is 952. The maximum Gasteiger partial charge on any atom is 0.416 e. The number of unbranched alkanes of at least 4 members (excludes halogenated alkanes) is 1. The van der Waals surface area contributed by atoms with Crippen LogP contribution in [0.4, 0.5) is 13.2 Å². The average molecular weight is 452 g/mol. The number of ketones is 1. The van der Waals surface area contributed by atoms with E-state index in [1.807, 2.05) is 6.07 Å². The van der Waals surface area contributed by atoms with Crippen LogP contribution in [0.2, 0.25) is 5.02 Å². The average Bonchev–Trinajstić information content (AvgIpc) is 3.10. The Labute approximate surface area is 185 Å². The zero-order valence-corrected chi connectivity index (χ0v) is 17.9. The minimum absolute atomic E-state index is 0.0477. The van der Waals surface area contributed by atoms with Crippen molar-refractivity contribution in [2.75, 3.05) is 19.6 Å². The number of rotatable bonds is 6. The van der Waals surface area contributed by atoms with Gasteiger partial charge in [0.2, 0.25) is 0 Å². The third-order valence-corrected chi connectivity index (χ3v) is 6.73. The lowest BCUT2D eigenvalue weighted by atomic mass is 9.84. The van der Waals surface area contributed by atoms with Crippen LogP contribution >= 0.6 is 11.6 Å². The van der Waals surface area contributed by atoms with Crippen LogP contribution < -0.4 is 0 Å². The highest BCUT2D eigenvalue weighted by molar-refractivity contribution is 6.34. The van der Waals surface area contributed by atoms with Gasteiger partial charge in [-0.2, -0.15) is 13.2 Å². The molecule has 2 aromatic rings. The Kier molecular flexibility index (Phi) is 6.42. The van der Waals surface area contributed by atoms with Crippen LogP contribution in [0.5, 0.6) is 0 Å². The number of hydrogen-bond acceptors (Lipinski definition) is 3. The van der Waals surface area contributed by atoms with E-state index in [2.05, 4.69) is 23.1 Å². The first-order valence-electron chi connectivity index (χ1n) is 10.6. The Morgan fingerprint density at radius 3 is 2.58 bits per heavy atom. The number of carbonyl (C=O) groups is 1. The fraction of sp³-hybridized carbons (Fsp3) is 0.458. The summed E-state index contributed by atoms with van der Waals surface area (Å²) >= 11 is 5.96. The lowest BCUT2D eigenvalue weighted by Gasteiger charge is -2.39. The standard InChI is InChI=1S/C24H25ClF3NO2/c25-21-9-8-18(24(26,27)28)15-19(21)22(30)7-3-4-12-29-13-10-23(11-14-29)20-6-2-1-5-17(20)16-31-23/h1-2,5-6,8-9,15H,3-4,7,10-14,16H2. The first kappa shape index (κ1) is 22.3. The molecule has 1 saturated heterocycles. The summed E-state index contributed by atoms with van der Waals surface area (Å²) in [5.41, 5.74) is 1.54. The maximum atomic E-state index is 12.9. The SMILES string of the molecule is O=C(CCCCN1CCC2(CC1)OCc1ccccc12)c1cc(C(F)(F)F)ccc1Cl. The molecule has 0 N–H and O–H groups in total. The van der Waals surface area contributed by atoms with Crippen LogP contribution in [0.3, 0.4) is 0 Å². The molecule has 4 rings (SSSR count). The predicted molar refractivity (Wildman–Crippen MR) is 113 cm³/mol. The van der Waals surface area contributed by atoms with Gasteiger partial charge in [0.05, 0.1) is 22.8 Å². The van der Waals surface area contributed by atoms with Gasteiger partial charge in [0.1, 0.15) is 0 Å². The van der Waals surface area contributed by atoms with Crippen molar-refractivity contribution in [3.63, 3.8) is 0 Å². The number of benzene rings is 2. The van der Waals surface area contributed by atoms with Crippen molar-refractivity contribution in [2.24, 2.45) is 0 Å². The number of nitrogens with zero attached hydrogens (tertiary/aromatic N) is 1. The van der Waals surface area contributed by atoms with E-state index in [0.29, 0.717) is 13.0 Å². The van der Waals surface area contributed by atoms with Gasteiger partial charge in [0, 0.05) is 25.1 Å².